The molecule has 3 N–H and O–H groups in total. The van der Waals surface area contributed by atoms with E-state index < -0.39 is 0 Å². The van der Waals surface area contributed by atoms with Gasteiger partial charge in [-0.2, -0.15) is 0 Å². The first-order valence-electron chi connectivity index (χ1n) is 9.87. The fourth-order valence-corrected chi connectivity index (χ4v) is 4.94. The lowest BCUT2D eigenvalue weighted by Gasteiger charge is -2.50. The molecule has 0 radical (unpaired) electrons. The first-order chi connectivity index (χ1) is 13.0. The second-order valence-electron chi connectivity index (χ2n) is 8.13. The van der Waals surface area contributed by atoms with Crippen LogP contribution in [0.1, 0.15) is 31.4 Å². The summed E-state index contributed by atoms with van der Waals surface area (Å²) < 4.78 is 1.79. The summed E-state index contributed by atoms with van der Waals surface area (Å²) in [6.07, 6.45) is 5.20. The Hall–Kier alpha value is -2.00. The number of amides is 2. The zero-order valence-electron chi connectivity index (χ0n) is 15.5. The predicted octanol–water partition coefficient (Wildman–Crippen LogP) is -0.795. The Bertz CT molecular complexity index is 699. The van der Waals surface area contributed by atoms with Gasteiger partial charge in [-0.3, -0.25) is 19.2 Å². The summed E-state index contributed by atoms with van der Waals surface area (Å²) in [5, 5.41) is 17.2. The van der Waals surface area contributed by atoms with Crippen LogP contribution >= 0.6 is 0 Å². The normalized spacial score (nSPS) is 31.2. The van der Waals surface area contributed by atoms with Gasteiger partial charge in [0.2, 0.25) is 11.8 Å². The highest BCUT2D eigenvalue weighted by molar-refractivity contribution is 5.81. The van der Waals surface area contributed by atoms with Gasteiger partial charge in [-0.1, -0.05) is 5.21 Å². The van der Waals surface area contributed by atoms with E-state index in [1.807, 2.05) is 4.90 Å². The standard InChI is InChI=1S/C18H28N6O3/c19-17(26)12-1-4-22(5-2-12)18(27)16-10-23-6-3-13(16)7-15(23)9-24-8-14(11-25)20-21-24/h8,12-13,15-16,25H,1-7,9-11H2,(H2,19,26). The van der Waals surface area contributed by atoms with Crippen LogP contribution in [0, 0.1) is 17.8 Å². The number of carbonyl (C=O) groups is 2. The molecular weight excluding hydrogens is 348 g/mol. The highest BCUT2D eigenvalue weighted by atomic mass is 16.3. The minimum atomic E-state index is -0.245. The van der Waals surface area contributed by atoms with Crippen molar-refractivity contribution >= 4 is 11.8 Å². The van der Waals surface area contributed by atoms with Crippen LogP contribution in [0.2, 0.25) is 0 Å². The number of fused-ring (bicyclic) bond motifs is 3. The van der Waals surface area contributed by atoms with Gasteiger partial charge in [0.15, 0.2) is 0 Å². The molecule has 0 aromatic carbocycles. The highest BCUT2D eigenvalue weighted by Gasteiger charge is 2.45. The number of hydrogen-bond donors (Lipinski definition) is 2. The topological polar surface area (TPSA) is 118 Å². The molecule has 1 aromatic rings. The van der Waals surface area contributed by atoms with Crippen LogP contribution in [0.4, 0.5) is 0 Å². The molecule has 5 heterocycles. The van der Waals surface area contributed by atoms with Gasteiger partial charge >= 0.3 is 0 Å². The Labute approximate surface area is 158 Å². The van der Waals surface area contributed by atoms with Crippen molar-refractivity contribution < 1.29 is 14.7 Å². The second-order valence-corrected chi connectivity index (χ2v) is 8.13. The second kappa shape index (κ2) is 7.55. The van der Waals surface area contributed by atoms with Crippen molar-refractivity contribution in [3.63, 3.8) is 0 Å². The highest BCUT2D eigenvalue weighted by Crippen LogP contribution is 2.38. The molecule has 4 unspecified atom stereocenters. The van der Waals surface area contributed by atoms with Gasteiger partial charge in [0, 0.05) is 31.6 Å². The van der Waals surface area contributed by atoms with Crippen molar-refractivity contribution in [1.82, 2.24) is 24.8 Å². The van der Waals surface area contributed by atoms with Crippen molar-refractivity contribution in [2.75, 3.05) is 26.2 Å². The van der Waals surface area contributed by atoms with Gasteiger partial charge < -0.3 is 15.7 Å². The van der Waals surface area contributed by atoms with E-state index in [1.54, 1.807) is 10.9 Å². The Balaban J connectivity index is 1.34. The van der Waals surface area contributed by atoms with Crippen molar-refractivity contribution in [2.45, 2.75) is 44.9 Å². The van der Waals surface area contributed by atoms with Crippen LogP contribution in [0.25, 0.3) is 0 Å². The molecule has 0 aliphatic carbocycles. The number of aromatic nitrogens is 3. The predicted molar refractivity (Wildman–Crippen MR) is 96.0 cm³/mol. The lowest BCUT2D eigenvalue weighted by Crippen LogP contribution is -2.59. The Kier molecular flexibility index (Phi) is 5.14. The number of carbonyl (C=O) groups excluding carboxylic acids is 2. The number of aliphatic hydroxyl groups excluding tert-OH is 1. The quantitative estimate of drug-likeness (QED) is 0.695. The molecule has 4 aliphatic rings. The zero-order valence-corrected chi connectivity index (χ0v) is 15.5. The SMILES string of the molecule is NC(=O)C1CCN(C(=O)C2CN3CCC2CC3Cn2cc(CO)nn2)CC1. The summed E-state index contributed by atoms with van der Waals surface area (Å²) in [4.78, 5) is 28.7. The molecule has 148 valence electrons. The lowest BCUT2D eigenvalue weighted by atomic mass is 9.74. The maximum absolute atomic E-state index is 13.1. The van der Waals surface area contributed by atoms with Crippen molar-refractivity contribution in [1.29, 1.82) is 0 Å². The Morgan fingerprint density at radius 2 is 2.00 bits per heavy atom. The van der Waals surface area contributed by atoms with Crippen LogP contribution in [0.3, 0.4) is 0 Å². The van der Waals surface area contributed by atoms with Crippen molar-refractivity contribution in [3.05, 3.63) is 11.9 Å². The maximum Gasteiger partial charge on any atom is 0.227 e. The number of rotatable bonds is 5. The molecule has 4 atom stereocenters. The monoisotopic (exact) mass is 376 g/mol. The Morgan fingerprint density at radius 1 is 1.22 bits per heavy atom. The number of nitrogens with zero attached hydrogens (tertiary/aromatic N) is 5. The number of piperidine rings is 4. The summed E-state index contributed by atoms with van der Waals surface area (Å²) in [5.74, 6) is 0.377. The van der Waals surface area contributed by atoms with Gasteiger partial charge in [-0.15, -0.1) is 5.10 Å². The van der Waals surface area contributed by atoms with E-state index in [0.29, 0.717) is 43.6 Å². The molecule has 0 spiro atoms. The molecule has 5 rings (SSSR count). The van der Waals surface area contributed by atoms with Crippen molar-refractivity contribution in [3.8, 4) is 0 Å². The largest absolute Gasteiger partial charge is 0.390 e. The summed E-state index contributed by atoms with van der Waals surface area (Å²) in [7, 11) is 0. The van der Waals surface area contributed by atoms with Crippen LogP contribution in [-0.2, 0) is 22.7 Å². The minimum Gasteiger partial charge on any atom is -0.390 e. The third-order valence-electron chi connectivity index (χ3n) is 6.55. The first kappa shape index (κ1) is 18.4. The fourth-order valence-electron chi connectivity index (χ4n) is 4.94. The molecule has 1 aromatic heterocycles. The van der Waals surface area contributed by atoms with Crippen molar-refractivity contribution in [2.24, 2.45) is 23.5 Å². The van der Waals surface area contributed by atoms with Crippen LogP contribution in [0.5, 0.6) is 0 Å². The lowest BCUT2D eigenvalue weighted by molar-refractivity contribution is -0.146. The molecule has 2 amide bonds. The van der Waals surface area contributed by atoms with Gasteiger partial charge in [-0.25, -0.2) is 0 Å². The number of likely N-dealkylation sites (tertiary alicyclic amines) is 1. The molecule has 4 fully saturated rings. The van der Waals surface area contributed by atoms with Gasteiger partial charge in [0.05, 0.1) is 25.3 Å². The third-order valence-corrected chi connectivity index (χ3v) is 6.55. The average molecular weight is 376 g/mol. The van der Waals surface area contributed by atoms with Crippen LogP contribution in [0.15, 0.2) is 6.20 Å². The number of aliphatic hydroxyl groups is 1. The van der Waals surface area contributed by atoms with Gasteiger partial charge in [0.25, 0.3) is 0 Å². The average Bonchev–Trinajstić information content (AvgIpc) is 3.15. The first-order valence-corrected chi connectivity index (χ1v) is 9.87. The third kappa shape index (κ3) is 3.70. The van der Waals surface area contributed by atoms with E-state index in [0.717, 1.165) is 32.5 Å². The summed E-state index contributed by atoms with van der Waals surface area (Å²) >= 11 is 0. The van der Waals surface area contributed by atoms with E-state index in [1.165, 1.54) is 0 Å². The number of hydrogen-bond acceptors (Lipinski definition) is 6. The summed E-state index contributed by atoms with van der Waals surface area (Å²) in [5.41, 5.74) is 5.98. The fraction of sp³-hybridized carbons (Fsp3) is 0.778. The molecule has 9 nitrogen and oxygen atoms in total. The zero-order chi connectivity index (χ0) is 19.0. The number of nitrogens with two attached hydrogens (primary N) is 1. The number of primary amides is 1. The van der Waals surface area contributed by atoms with E-state index in [-0.39, 0.29) is 30.3 Å². The molecule has 4 saturated heterocycles. The molecule has 4 aliphatic heterocycles. The van der Waals surface area contributed by atoms with E-state index in [4.69, 9.17) is 10.8 Å². The van der Waals surface area contributed by atoms with Gasteiger partial charge in [-0.05, 0) is 38.1 Å². The molecule has 9 heteroatoms. The van der Waals surface area contributed by atoms with Gasteiger partial charge in [0.1, 0.15) is 5.69 Å². The molecule has 2 bridgehead atoms. The van der Waals surface area contributed by atoms with E-state index >= 15 is 0 Å². The van der Waals surface area contributed by atoms with E-state index in [9.17, 15) is 9.59 Å². The summed E-state index contributed by atoms with van der Waals surface area (Å²) in [6.45, 7) is 3.74. The van der Waals surface area contributed by atoms with Crippen LogP contribution in [-0.4, -0.2) is 73.9 Å². The minimum absolute atomic E-state index is 0.0591. The summed E-state index contributed by atoms with van der Waals surface area (Å²) in [6, 6.07) is 0.363. The molecule has 0 saturated carbocycles. The smallest absolute Gasteiger partial charge is 0.227 e. The van der Waals surface area contributed by atoms with Crippen LogP contribution < -0.4 is 5.73 Å². The molecular formula is C18H28N6O3. The maximum atomic E-state index is 13.1. The molecule has 27 heavy (non-hydrogen) atoms. The Morgan fingerprint density at radius 3 is 2.59 bits per heavy atom. The van der Waals surface area contributed by atoms with E-state index in [2.05, 4.69) is 15.2 Å².